The summed E-state index contributed by atoms with van der Waals surface area (Å²) in [5.74, 6) is 0.0132. The molecule has 0 unspecified atom stereocenters. The number of benzene rings is 2. The number of carbonyl (C=O) groups excluding carboxylic acids is 1. The quantitative estimate of drug-likeness (QED) is 0.387. The first kappa shape index (κ1) is 17.0. The standard InChI is InChI=1S/C22H16N2O2S/c25-19-11-8-16(9-12-19)20(26)13-10-17-15-24(18-5-2-1-3-6-18)23-22(17)21-7-4-14-27-21/h1-15,25H. The van der Waals surface area contributed by atoms with E-state index in [-0.39, 0.29) is 11.5 Å². The van der Waals surface area contributed by atoms with Crippen LogP contribution in [-0.2, 0) is 0 Å². The van der Waals surface area contributed by atoms with Crippen molar-refractivity contribution in [3.63, 3.8) is 0 Å². The highest BCUT2D eigenvalue weighted by atomic mass is 32.1. The number of phenols is 1. The van der Waals surface area contributed by atoms with E-state index in [4.69, 9.17) is 5.10 Å². The number of nitrogens with zero attached hydrogens (tertiary/aromatic N) is 2. The molecule has 5 heteroatoms. The van der Waals surface area contributed by atoms with Gasteiger partial charge in [-0.25, -0.2) is 4.68 Å². The van der Waals surface area contributed by atoms with Gasteiger partial charge in [0.2, 0.25) is 0 Å². The minimum Gasteiger partial charge on any atom is -0.508 e. The Balaban J connectivity index is 1.69. The Kier molecular flexibility index (Phi) is 4.68. The Morgan fingerprint density at radius 1 is 1.00 bits per heavy atom. The molecule has 0 saturated carbocycles. The number of carbonyl (C=O) groups is 1. The number of allylic oxidation sites excluding steroid dienone is 1. The van der Waals surface area contributed by atoms with Crippen molar-refractivity contribution < 1.29 is 9.90 Å². The van der Waals surface area contributed by atoms with Gasteiger partial charge in [0.05, 0.1) is 10.6 Å². The summed E-state index contributed by atoms with van der Waals surface area (Å²) in [5, 5.41) is 16.1. The minimum atomic E-state index is -0.125. The average molecular weight is 372 g/mol. The van der Waals surface area contributed by atoms with Crippen LogP contribution in [0.15, 0.2) is 84.4 Å². The topological polar surface area (TPSA) is 55.1 Å². The van der Waals surface area contributed by atoms with Gasteiger partial charge in [-0.3, -0.25) is 4.79 Å². The van der Waals surface area contributed by atoms with Gasteiger partial charge in [-0.1, -0.05) is 24.3 Å². The van der Waals surface area contributed by atoms with Crippen molar-refractivity contribution >= 4 is 23.2 Å². The molecule has 132 valence electrons. The molecule has 0 aliphatic carbocycles. The SMILES string of the molecule is O=C(C=Cc1cn(-c2ccccc2)nc1-c1cccs1)c1ccc(O)cc1. The van der Waals surface area contributed by atoms with Crippen molar-refractivity contribution in [1.82, 2.24) is 9.78 Å². The fourth-order valence-electron chi connectivity index (χ4n) is 2.71. The van der Waals surface area contributed by atoms with Gasteiger partial charge < -0.3 is 5.11 Å². The van der Waals surface area contributed by atoms with Crippen molar-refractivity contribution in [3.05, 3.63) is 95.5 Å². The molecule has 4 aromatic rings. The zero-order valence-electron chi connectivity index (χ0n) is 14.3. The first-order chi connectivity index (χ1) is 13.2. The molecule has 1 N–H and O–H groups in total. The van der Waals surface area contributed by atoms with Gasteiger partial charge in [-0.05, 0) is 60.0 Å². The second-order valence-corrected chi connectivity index (χ2v) is 6.88. The van der Waals surface area contributed by atoms with E-state index in [1.54, 1.807) is 29.5 Å². The summed E-state index contributed by atoms with van der Waals surface area (Å²) in [6.45, 7) is 0. The summed E-state index contributed by atoms with van der Waals surface area (Å²) in [5.41, 5.74) is 3.19. The van der Waals surface area contributed by atoms with Crippen LogP contribution < -0.4 is 0 Å². The molecule has 2 aromatic heterocycles. The fourth-order valence-corrected chi connectivity index (χ4v) is 3.45. The van der Waals surface area contributed by atoms with Gasteiger partial charge >= 0.3 is 0 Å². The van der Waals surface area contributed by atoms with E-state index in [1.807, 2.05) is 58.7 Å². The average Bonchev–Trinajstić information content (AvgIpc) is 3.37. The van der Waals surface area contributed by atoms with E-state index in [1.165, 1.54) is 18.2 Å². The molecule has 0 aliphatic heterocycles. The smallest absolute Gasteiger partial charge is 0.185 e. The number of hydrogen-bond donors (Lipinski definition) is 1. The molecule has 0 radical (unpaired) electrons. The number of aromatic hydroxyl groups is 1. The molecule has 0 aliphatic rings. The first-order valence-electron chi connectivity index (χ1n) is 8.41. The highest BCUT2D eigenvalue weighted by Gasteiger charge is 2.12. The lowest BCUT2D eigenvalue weighted by Crippen LogP contribution is -1.93. The predicted molar refractivity (Wildman–Crippen MR) is 108 cm³/mol. The summed E-state index contributed by atoms with van der Waals surface area (Å²) in [4.78, 5) is 13.5. The van der Waals surface area contributed by atoms with Crippen LogP contribution in [0.25, 0.3) is 22.3 Å². The number of ketones is 1. The zero-order chi connectivity index (χ0) is 18.6. The number of rotatable bonds is 5. The number of thiophene rings is 1. The van der Waals surface area contributed by atoms with E-state index < -0.39 is 0 Å². The number of aromatic nitrogens is 2. The molecule has 0 amide bonds. The van der Waals surface area contributed by atoms with Gasteiger partial charge in [0.25, 0.3) is 0 Å². The molecule has 4 nitrogen and oxygen atoms in total. The number of para-hydroxylation sites is 1. The van der Waals surface area contributed by atoms with E-state index >= 15 is 0 Å². The molecule has 2 heterocycles. The Hall–Kier alpha value is -3.44. The highest BCUT2D eigenvalue weighted by molar-refractivity contribution is 7.13. The maximum Gasteiger partial charge on any atom is 0.185 e. The predicted octanol–water partition coefficient (Wildman–Crippen LogP) is 5.20. The monoisotopic (exact) mass is 372 g/mol. The maximum absolute atomic E-state index is 12.4. The van der Waals surface area contributed by atoms with Crippen molar-refractivity contribution in [3.8, 4) is 22.0 Å². The van der Waals surface area contributed by atoms with Crippen molar-refractivity contribution in [2.75, 3.05) is 0 Å². The fraction of sp³-hybridized carbons (Fsp3) is 0. The molecular formula is C22H16N2O2S. The van der Waals surface area contributed by atoms with Crippen molar-refractivity contribution in [1.29, 1.82) is 0 Å². The molecule has 0 atom stereocenters. The Labute approximate surface area is 160 Å². The Morgan fingerprint density at radius 3 is 2.48 bits per heavy atom. The van der Waals surface area contributed by atoms with Gasteiger partial charge in [-0.2, -0.15) is 5.10 Å². The van der Waals surface area contributed by atoms with E-state index in [0.717, 1.165) is 21.8 Å². The third-order valence-electron chi connectivity index (χ3n) is 4.08. The minimum absolute atomic E-state index is 0.125. The van der Waals surface area contributed by atoms with Crippen LogP contribution in [0.5, 0.6) is 5.75 Å². The lowest BCUT2D eigenvalue weighted by molar-refractivity contribution is 0.104. The summed E-state index contributed by atoms with van der Waals surface area (Å²) in [7, 11) is 0. The summed E-state index contributed by atoms with van der Waals surface area (Å²) in [6.07, 6.45) is 5.25. The number of hydrogen-bond acceptors (Lipinski definition) is 4. The first-order valence-corrected chi connectivity index (χ1v) is 9.29. The summed E-state index contributed by atoms with van der Waals surface area (Å²) < 4.78 is 1.82. The van der Waals surface area contributed by atoms with Crippen LogP contribution in [0.3, 0.4) is 0 Å². The molecular weight excluding hydrogens is 356 g/mol. The zero-order valence-corrected chi connectivity index (χ0v) is 15.1. The van der Waals surface area contributed by atoms with E-state index in [9.17, 15) is 9.90 Å². The number of phenolic OH excluding ortho intramolecular Hbond substituents is 1. The van der Waals surface area contributed by atoms with Crippen molar-refractivity contribution in [2.45, 2.75) is 0 Å². The second-order valence-electron chi connectivity index (χ2n) is 5.93. The maximum atomic E-state index is 12.4. The molecule has 0 fully saturated rings. The molecule has 0 spiro atoms. The van der Waals surface area contributed by atoms with Gasteiger partial charge in [0.15, 0.2) is 5.78 Å². The largest absolute Gasteiger partial charge is 0.508 e. The molecule has 0 saturated heterocycles. The van der Waals surface area contributed by atoms with Gasteiger partial charge in [-0.15, -0.1) is 11.3 Å². The lowest BCUT2D eigenvalue weighted by atomic mass is 10.1. The van der Waals surface area contributed by atoms with Crippen LogP contribution in [0.1, 0.15) is 15.9 Å². The van der Waals surface area contributed by atoms with Crippen LogP contribution in [0.2, 0.25) is 0 Å². The summed E-state index contributed by atoms with van der Waals surface area (Å²) >= 11 is 1.61. The van der Waals surface area contributed by atoms with Crippen LogP contribution in [0, 0.1) is 0 Å². The van der Waals surface area contributed by atoms with E-state index in [2.05, 4.69) is 0 Å². The van der Waals surface area contributed by atoms with Crippen LogP contribution in [0.4, 0.5) is 0 Å². The Bertz CT molecular complexity index is 1080. The lowest BCUT2D eigenvalue weighted by Gasteiger charge is -1.99. The molecule has 4 rings (SSSR count). The Morgan fingerprint density at radius 2 is 1.78 bits per heavy atom. The van der Waals surface area contributed by atoms with Gasteiger partial charge in [0, 0.05) is 17.3 Å². The third-order valence-corrected chi connectivity index (χ3v) is 4.96. The third kappa shape index (κ3) is 3.73. The van der Waals surface area contributed by atoms with Crippen LogP contribution >= 0.6 is 11.3 Å². The molecule has 2 aromatic carbocycles. The second kappa shape index (κ2) is 7.43. The van der Waals surface area contributed by atoms with Gasteiger partial charge in [0.1, 0.15) is 11.4 Å². The normalized spacial score (nSPS) is 11.1. The van der Waals surface area contributed by atoms with Crippen LogP contribution in [-0.4, -0.2) is 20.7 Å². The van der Waals surface area contributed by atoms with Crippen molar-refractivity contribution in [2.24, 2.45) is 0 Å². The molecule has 0 bridgehead atoms. The van der Waals surface area contributed by atoms with E-state index in [0.29, 0.717) is 5.56 Å². The molecule has 27 heavy (non-hydrogen) atoms. The highest BCUT2D eigenvalue weighted by Crippen LogP contribution is 2.28. The summed E-state index contributed by atoms with van der Waals surface area (Å²) in [6, 6.07) is 20.1.